The second-order valence-corrected chi connectivity index (χ2v) is 10.2. The number of hydrogen-bond acceptors (Lipinski definition) is 4. The first kappa shape index (κ1) is 18.7. The highest BCUT2D eigenvalue weighted by Gasteiger charge is 2.34. The molecular weight excluding hydrogens is 380 g/mol. The number of thiophene rings is 1. The van der Waals surface area contributed by atoms with Crippen molar-refractivity contribution >= 4 is 27.3 Å². The van der Waals surface area contributed by atoms with Crippen molar-refractivity contribution in [2.75, 3.05) is 13.1 Å². The topological polar surface area (TPSA) is 57.7 Å². The molecule has 4 rings (SSSR count). The van der Waals surface area contributed by atoms with Gasteiger partial charge in [-0.2, -0.15) is 4.31 Å². The van der Waals surface area contributed by atoms with E-state index in [0.29, 0.717) is 25.2 Å². The zero-order valence-corrected chi connectivity index (χ0v) is 16.8. The molecule has 0 radical (unpaired) electrons. The molecule has 1 aromatic carbocycles. The first-order valence-electron chi connectivity index (χ1n) is 9.49. The van der Waals surface area contributed by atoms with Gasteiger partial charge in [0.05, 0.1) is 11.4 Å². The number of rotatable bonds is 6. The maximum absolute atomic E-state index is 13.1. The van der Waals surface area contributed by atoms with E-state index in [1.807, 2.05) is 22.4 Å². The maximum Gasteiger partial charge on any atom is 0.254 e. The molecule has 1 saturated heterocycles. The van der Waals surface area contributed by atoms with E-state index in [1.165, 1.54) is 0 Å². The summed E-state index contributed by atoms with van der Waals surface area (Å²) in [6.07, 6.45) is 4.90. The molecule has 2 aromatic rings. The fraction of sp³-hybridized carbons (Fsp3) is 0.450. The number of nitrogens with zero attached hydrogens (tertiary/aromatic N) is 2. The largest absolute Gasteiger partial charge is 0.331 e. The average molecular weight is 405 g/mol. The first-order chi connectivity index (χ1) is 13.1. The fourth-order valence-corrected chi connectivity index (χ4v) is 5.80. The minimum absolute atomic E-state index is 0.0819. The Kier molecular flexibility index (Phi) is 5.34. The van der Waals surface area contributed by atoms with Gasteiger partial charge in [0.1, 0.15) is 0 Å². The van der Waals surface area contributed by atoms with Gasteiger partial charge in [0.25, 0.3) is 5.91 Å². The molecule has 1 aliphatic heterocycles. The standard InChI is InChI=1S/C20H24N2O3S2/c23-20(22(17-9-10-17)15-18-7-5-13-26-18)16-6-4-8-19(14-16)27(24,25)21-11-2-1-3-12-21/h4-8,13-14,17H,1-3,9-12,15H2. The van der Waals surface area contributed by atoms with Crippen molar-refractivity contribution in [3.05, 3.63) is 52.2 Å². The Balaban J connectivity index is 1.58. The third-order valence-electron chi connectivity index (χ3n) is 5.19. The van der Waals surface area contributed by atoms with Crippen LogP contribution in [0, 0.1) is 0 Å². The Hall–Kier alpha value is -1.70. The molecule has 2 aliphatic rings. The van der Waals surface area contributed by atoms with Gasteiger partial charge >= 0.3 is 0 Å². The monoisotopic (exact) mass is 404 g/mol. The van der Waals surface area contributed by atoms with Crippen LogP contribution in [0.25, 0.3) is 0 Å². The van der Waals surface area contributed by atoms with Crippen molar-refractivity contribution in [3.63, 3.8) is 0 Å². The summed E-state index contributed by atoms with van der Waals surface area (Å²) in [6.45, 7) is 1.71. The summed E-state index contributed by atoms with van der Waals surface area (Å²) >= 11 is 1.64. The summed E-state index contributed by atoms with van der Waals surface area (Å²) in [6, 6.07) is 10.8. The lowest BCUT2D eigenvalue weighted by Crippen LogP contribution is -2.36. The van der Waals surface area contributed by atoms with Crippen LogP contribution in [0.4, 0.5) is 0 Å². The van der Waals surface area contributed by atoms with Gasteiger partial charge in [-0.05, 0) is 55.3 Å². The van der Waals surface area contributed by atoms with Gasteiger partial charge in [0.15, 0.2) is 0 Å². The van der Waals surface area contributed by atoms with Gasteiger partial charge in [-0.15, -0.1) is 11.3 Å². The molecule has 1 amide bonds. The van der Waals surface area contributed by atoms with Crippen molar-refractivity contribution in [3.8, 4) is 0 Å². The Labute approximate surface area is 164 Å². The number of piperidine rings is 1. The summed E-state index contributed by atoms with van der Waals surface area (Å²) in [5.74, 6) is -0.0819. The lowest BCUT2D eigenvalue weighted by Gasteiger charge is -2.26. The summed E-state index contributed by atoms with van der Waals surface area (Å²) in [5.41, 5.74) is 0.455. The second-order valence-electron chi connectivity index (χ2n) is 7.24. The van der Waals surface area contributed by atoms with E-state index in [4.69, 9.17) is 0 Å². The molecule has 0 bridgehead atoms. The van der Waals surface area contributed by atoms with E-state index in [1.54, 1.807) is 39.9 Å². The van der Waals surface area contributed by atoms with Crippen LogP contribution in [0.1, 0.15) is 47.3 Å². The van der Waals surface area contributed by atoms with Crippen LogP contribution >= 0.6 is 11.3 Å². The van der Waals surface area contributed by atoms with Crippen molar-refractivity contribution < 1.29 is 13.2 Å². The SMILES string of the molecule is O=C(c1cccc(S(=O)(=O)N2CCCCC2)c1)N(Cc1cccs1)C1CC1. The summed E-state index contributed by atoms with van der Waals surface area (Å²) < 4.78 is 27.4. The number of carbonyl (C=O) groups excluding carboxylic acids is 1. The van der Waals surface area contributed by atoms with Gasteiger partial charge < -0.3 is 4.90 Å². The van der Waals surface area contributed by atoms with Gasteiger partial charge in [-0.25, -0.2) is 8.42 Å². The van der Waals surface area contributed by atoms with E-state index >= 15 is 0 Å². The number of benzene rings is 1. The molecule has 2 fully saturated rings. The lowest BCUT2D eigenvalue weighted by atomic mass is 10.2. The Morgan fingerprint density at radius 3 is 2.56 bits per heavy atom. The van der Waals surface area contributed by atoms with E-state index in [-0.39, 0.29) is 16.8 Å². The van der Waals surface area contributed by atoms with Gasteiger partial charge in [-0.3, -0.25) is 4.79 Å². The van der Waals surface area contributed by atoms with Crippen LogP contribution in [0.5, 0.6) is 0 Å². The van der Waals surface area contributed by atoms with E-state index in [9.17, 15) is 13.2 Å². The normalized spacial score (nSPS) is 18.4. The molecular formula is C20H24N2O3S2. The number of hydrogen-bond donors (Lipinski definition) is 0. The van der Waals surface area contributed by atoms with Crippen LogP contribution < -0.4 is 0 Å². The van der Waals surface area contributed by atoms with Crippen LogP contribution in [-0.2, 0) is 16.6 Å². The zero-order valence-electron chi connectivity index (χ0n) is 15.2. The second kappa shape index (κ2) is 7.73. The first-order valence-corrected chi connectivity index (χ1v) is 11.8. The summed E-state index contributed by atoms with van der Waals surface area (Å²) in [5, 5.41) is 2.01. The van der Waals surface area contributed by atoms with Crippen LogP contribution in [-0.4, -0.2) is 42.7 Å². The molecule has 1 aliphatic carbocycles. The Morgan fingerprint density at radius 2 is 1.89 bits per heavy atom. The quantitative estimate of drug-likeness (QED) is 0.737. The summed E-state index contributed by atoms with van der Waals surface area (Å²) in [4.78, 5) is 16.4. The molecule has 7 heteroatoms. The van der Waals surface area contributed by atoms with E-state index < -0.39 is 10.0 Å². The number of carbonyl (C=O) groups is 1. The van der Waals surface area contributed by atoms with Gasteiger partial charge in [0, 0.05) is 29.6 Å². The average Bonchev–Trinajstić information content (AvgIpc) is 3.42. The molecule has 0 atom stereocenters. The van der Waals surface area contributed by atoms with Crippen LogP contribution in [0.3, 0.4) is 0 Å². The smallest absolute Gasteiger partial charge is 0.254 e. The molecule has 0 N–H and O–H groups in total. The van der Waals surface area contributed by atoms with Crippen molar-refractivity contribution in [1.82, 2.24) is 9.21 Å². The minimum atomic E-state index is -3.53. The third-order valence-corrected chi connectivity index (χ3v) is 7.94. The highest BCUT2D eigenvalue weighted by Crippen LogP contribution is 2.31. The predicted molar refractivity (Wildman–Crippen MR) is 106 cm³/mol. The molecule has 2 heterocycles. The maximum atomic E-state index is 13.1. The van der Waals surface area contributed by atoms with E-state index in [2.05, 4.69) is 0 Å². The van der Waals surface area contributed by atoms with Crippen molar-refractivity contribution in [1.29, 1.82) is 0 Å². The molecule has 144 valence electrons. The Bertz CT molecular complexity index is 899. The van der Waals surface area contributed by atoms with Gasteiger partial charge in [-0.1, -0.05) is 18.6 Å². The zero-order chi connectivity index (χ0) is 18.9. The van der Waals surface area contributed by atoms with E-state index in [0.717, 1.165) is 37.0 Å². The molecule has 27 heavy (non-hydrogen) atoms. The molecule has 1 aromatic heterocycles. The highest BCUT2D eigenvalue weighted by atomic mass is 32.2. The summed E-state index contributed by atoms with van der Waals surface area (Å²) in [7, 11) is -3.53. The Morgan fingerprint density at radius 1 is 1.11 bits per heavy atom. The van der Waals surface area contributed by atoms with Crippen LogP contribution in [0.2, 0.25) is 0 Å². The minimum Gasteiger partial charge on any atom is -0.331 e. The molecule has 1 saturated carbocycles. The fourth-order valence-electron chi connectivity index (χ4n) is 3.53. The number of amides is 1. The third kappa shape index (κ3) is 4.10. The molecule has 5 nitrogen and oxygen atoms in total. The lowest BCUT2D eigenvalue weighted by molar-refractivity contribution is 0.0731. The molecule has 0 spiro atoms. The van der Waals surface area contributed by atoms with Crippen molar-refractivity contribution in [2.24, 2.45) is 0 Å². The predicted octanol–water partition coefficient (Wildman–Crippen LogP) is 3.73. The molecule has 0 unspecified atom stereocenters. The highest BCUT2D eigenvalue weighted by molar-refractivity contribution is 7.89. The number of sulfonamides is 1. The van der Waals surface area contributed by atoms with Gasteiger partial charge in [0.2, 0.25) is 10.0 Å². The van der Waals surface area contributed by atoms with Crippen molar-refractivity contribution in [2.45, 2.75) is 49.6 Å². The van der Waals surface area contributed by atoms with Crippen LogP contribution in [0.15, 0.2) is 46.7 Å².